The zero-order valence-electron chi connectivity index (χ0n) is 40.0. The van der Waals surface area contributed by atoms with Crippen molar-refractivity contribution in [1.29, 1.82) is 0 Å². The van der Waals surface area contributed by atoms with Gasteiger partial charge >= 0.3 is 0 Å². The molecule has 6 heteroatoms. The van der Waals surface area contributed by atoms with E-state index in [1.807, 2.05) is 0 Å². The molecule has 0 amide bonds. The standard InChI is InChI=1S/C57H63BN2OSi2/c1-55(2,3)37-24-26-39(27-25-37)59-48-32-38(56(4,5)6)33-49-51(48)58(54-52(59)50-42-22-18-19-23-44(42)57(7,8)53(50)61-54)45-35-41(63(12,13)14)29-31-47(45)60(49)46-30-28-40(62(9,10)11)34-43(46)36-20-16-15-17-21-36/h15-35H,1-14H3. The van der Waals surface area contributed by atoms with Gasteiger partial charge < -0.3 is 14.2 Å². The van der Waals surface area contributed by atoms with Crippen molar-refractivity contribution < 1.29 is 4.42 Å². The van der Waals surface area contributed by atoms with Crippen molar-refractivity contribution in [2.24, 2.45) is 0 Å². The van der Waals surface area contributed by atoms with E-state index < -0.39 is 16.1 Å². The number of hydrogen-bond acceptors (Lipinski definition) is 3. The molecule has 318 valence electrons. The second kappa shape index (κ2) is 13.8. The molecule has 0 radical (unpaired) electrons. The van der Waals surface area contributed by atoms with E-state index in [4.69, 9.17) is 4.42 Å². The molecule has 1 aliphatic carbocycles. The Morgan fingerprint density at radius 3 is 1.73 bits per heavy atom. The van der Waals surface area contributed by atoms with Crippen molar-refractivity contribution in [3.05, 3.63) is 150 Å². The molecular weight excluding hydrogens is 796 g/mol. The van der Waals surface area contributed by atoms with Crippen molar-refractivity contribution in [2.75, 3.05) is 9.80 Å². The van der Waals surface area contributed by atoms with Gasteiger partial charge in [-0.3, -0.25) is 0 Å². The predicted molar refractivity (Wildman–Crippen MR) is 279 cm³/mol. The van der Waals surface area contributed by atoms with Gasteiger partial charge in [0.25, 0.3) is 6.71 Å². The summed E-state index contributed by atoms with van der Waals surface area (Å²) >= 11 is 0. The van der Waals surface area contributed by atoms with Gasteiger partial charge in [0.2, 0.25) is 0 Å². The SMILES string of the molecule is CC(C)(C)c1ccc(N2c3cc(C(C)(C)C)cc4c3B(c3cc([Si](C)(C)C)ccc3N4c3ccc([Si](C)(C)C)cc3-c3ccccc3)c3oc4c(c32)-c2ccccc2C4(C)C)cc1. The third-order valence-corrected chi connectivity index (χ3v) is 18.3. The van der Waals surface area contributed by atoms with E-state index >= 15 is 0 Å². The highest BCUT2D eigenvalue weighted by Crippen LogP contribution is 2.57. The first-order valence-electron chi connectivity index (χ1n) is 23.1. The van der Waals surface area contributed by atoms with Crippen LogP contribution in [0.4, 0.5) is 34.1 Å². The summed E-state index contributed by atoms with van der Waals surface area (Å²) in [5, 5.41) is 2.92. The van der Waals surface area contributed by atoms with Crippen LogP contribution in [0.3, 0.4) is 0 Å². The zero-order valence-corrected chi connectivity index (χ0v) is 42.0. The maximum absolute atomic E-state index is 7.65. The van der Waals surface area contributed by atoms with E-state index in [0.29, 0.717) is 0 Å². The minimum absolute atomic E-state index is 0.0294. The summed E-state index contributed by atoms with van der Waals surface area (Å²) in [6.45, 7) is 33.4. The average Bonchev–Trinajstić information content (AvgIpc) is 3.72. The quantitative estimate of drug-likeness (QED) is 0.161. The zero-order chi connectivity index (χ0) is 44.8. The average molecular weight is 859 g/mol. The lowest BCUT2D eigenvalue weighted by Crippen LogP contribution is -2.62. The molecule has 0 saturated carbocycles. The van der Waals surface area contributed by atoms with Gasteiger partial charge in [-0.1, -0.05) is 182 Å². The van der Waals surface area contributed by atoms with Crippen LogP contribution in [0.2, 0.25) is 39.3 Å². The Morgan fingerprint density at radius 2 is 1.11 bits per heavy atom. The minimum Gasteiger partial charge on any atom is -0.471 e. The number of furan rings is 1. The summed E-state index contributed by atoms with van der Waals surface area (Å²) < 4.78 is 7.65. The Morgan fingerprint density at radius 1 is 0.540 bits per heavy atom. The number of anilines is 6. The number of hydrogen-bond donors (Lipinski definition) is 0. The minimum atomic E-state index is -1.75. The molecule has 0 atom stereocenters. The molecule has 3 nitrogen and oxygen atoms in total. The Labute approximate surface area is 379 Å². The number of nitrogens with zero attached hydrogens (tertiary/aromatic N) is 2. The van der Waals surface area contributed by atoms with E-state index in [0.717, 1.165) is 17.1 Å². The highest BCUT2D eigenvalue weighted by Gasteiger charge is 2.52. The lowest BCUT2D eigenvalue weighted by molar-refractivity contribution is 0.457. The molecule has 7 aromatic rings. The molecule has 0 fully saturated rings. The second-order valence-corrected chi connectivity index (χ2v) is 33.3. The van der Waals surface area contributed by atoms with Gasteiger partial charge in [-0.05, 0) is 99.8 Å². The Balaban J connectivity index is 1.37. The number of benzene rings is 6. The number of fused-ring (bicyclic) bond motifs is 8. The second-order valence-electron chi connectivity index (χ2n) is 23.1. The third kappa shape index (κ3) is 6.49. The highest BCUT2D eigenvalue weighted by molar-refractivity contribution is 7.00. The largest absolute Gasteiger partial charge is 0.471 e. The van der Waals surface area contributed by atoms with Crippen LogP contribution in [0, 0.1) is 0 Å². The summed E-state index contributed by atoms with van der Waals surface area (Å²) in [5.74, 6) is 1.06. The first-order valence-corrected chi connectivity index (χ1v) is 30.1. The van der Waals surface area contributed by atoms with Crippen LogP contribution in [-0.4, -0.2) is 22.9 Å². The predicted octanol–water partition coefficient (Wildman–Crippen LogP) is 13.0. The fourth-order valence-electron chi connectivity index (χ4n) is 10.5. The summed E-state index contributed by atoms with van der Waals surface area (Å²) in [7, 11) is -3.42. The van der Waals surface area contributed by atoms with Crippen molar-refractivity contribution in [1.82, 2.24) is 0 Å². The first-order chi connectivity index (χ1) is 29.5. The van der Waals surface area contributed by atoms with Crippen molar-refractivity contribution in [2.45, 2.75) is 111 Å². The Bertz CT molecular complexity index is 2970. The van der Waals surface area contributed by atoms with Gasteiger partial charge in [0.15, 0.2) is 0 Å². The lowest BCUT2D eigenvalue weighted by Gasteiger charge is -2.44. The Hall–Kier alpha value is -5.30. The lowest BCUT2D eigenvalue weighted by atomic mass is 9.35. The van der Waals surface area contributed by atoms with Gasteiger partial charge in [0, 0.05) is 39.3 Å². The van der Waals surface area contributed by atoms with Crippen molar-refractivity contribution in [3.8, 4) is 22.3 Å². The van der Waals surface area contributed by atoms with Gasteiger partial charge in [0.1, 0.15) is 5.76 Å². The van der Waals surface area contributed by atoms with Gasteiger partial charge in [-0.25, -0.2) is 0 Å². The third-order valence-electron chi connectivity index (χ3n) is 14.2. The fourth-order valence-corrected chi connectivity index (χ4v) is 12.8. The van der Waals surface area contributed by atoms with Crippen LogP contribution < -0.4 is 36.8 Å². The summed E-state index contributed by atoms with van der Waals surface area (Å²) in [6.07, 6.45) is 0. The molecule has 6 aromatic carbocycles. The Kier molecular flexibility index (Phi) is 9.17. The van der Waals surface area contributed by atoms with E-state index in [-0.39, 0.29) is 23.0 Å². The molecule has 1 aromatic heterocycles. The van der Waals surface area contributed by atoms with Gasteiger partial charge in [-0.2, -0.15) is 0 Å². The van der Waals surface area contributed by atoms with Crippen LogP contribution >= 0.6 is 0 Å². The van der Waals surface area contributed by atoms with Crippen molar-refractivity contribution in [3.63, 3.8) is 0 Å². The van der Waals surface area contributed by atoms with Crippen LogP contribution in [0.1, 0.15) is 77.8 Å². The molecule has 3 heterocycles. The molecule has 0 unspecified atom stereocenters. The van der Waals surface area contributed by atoms with Crippen LogP contribution in [-0.2, 0) is 16.2 Å². The molecule has 0 N–H and O–H groups in total. The monoisotopic (exact) mass is 858 g/mol. The molecule has 0 bridgehead atoms. The maximum Gasteiger partial charge on any atom is 0.297 e. The van der Waals surface area contributed by atoms with Crippen LogP contribution in [0.15, 0.2) is 132 Å². The van der Waals surface area contributed by atoms with Gasteiger partial charge in [-0.15, -0.1) is 0 Å². The molecule has 0 saturated heterocycles. The molecule has 10 rings (SSSR count). The smallest absolute Gasteiger partial charge is 0.297 e. The van der Waals surface area contributed by atoms with E-state index in [9.17, 15) is 0 Å². The molecule has 63 heavy (non-hydrogen) atoms. The van der Waals surface area contributed by atoms with Crippen LogP contribution in [0.25, 0.3) is 22.3 Å². The molecular formula is C57H63BN2OSi2. The molecule has 0 spiro atoms. The summed E-state index contributed by atoms with van der Waals surface area (Å²) in [4.78, 5) is 5.22. The fraction of sp³-hybridized carbons (Fsp3) is 0.298. The normalized spacial score (nSPS) is 15.2. The topological polar surface area (TPSA) is 19.6 Å². The van der Waals surface area contributed by atoms with Gasteiger partial charge in [0.05, 0.1) is 33.2 Å². The van der Waals surface area contributed by atoms with E-state index in [1.54, 1.807) is 0 Å². The number of rotatable bonds is 5. The maximum atomic E-state index is 7.65. The highest BCUT2D eigenvalue weighted by atomic mass is 28.3. The van der Waals surface area contributed by atoms with Crippen LogP contribution in [0.5, 0.6) is 0 Å². The van der Waals surface area contributed by atoms with Crippen molar-refractivity contribution >= 4 is 83.9 Å². The van der Waals surface area contributed by atoms with E-state index in [1.165, 1.54) is 88.7 Å². The summed E-state index contributed by atoms with van der Waals surface area (Å²) in [6, 6.07) is 49.3. The molecule has 3 aliphatic rings. The summed E-state index contributed by atoms with van der Waals surface area (Å²) in [5.41, 5.74) is 19.5. The molecule has 2 aliphatic heterocycles. The van der Waals surface area contributed by atoms with E-state index in [2.05, 4.69) is 232 Å². The first kappa shape index (κ1) is 41.7.